The summed E-state index contributed by atoms with van der Waals surface area (Å²) in [6.07, 6.45) is 1.23. The Morgan fingerprint density at radius 2 is 1.60 bits per heavy atom. The third kappa shape index (κ3) is 5.44. The smallest absolute Gasteiger partial charge is 0.374 e. The predicted octanol–water partition coefficient (Wildman–Crippen LogP) is 4.76. The highest BCUT2D eigenvalue weighted by molar-refractivity contribution is 7.90. The first-order valence-corrected chi connectivity index (χ1v) is 12.7. The Bertz CT molecular complexity index is 1450. The number of hydrogen-bond acceptors (Lipinski definition) is 6. The molecule has 7 nitrogen and oxygen atoms in total. The maximum absolute atomic E-state index is 12.8. The molecule has 0 amide bonds. The number of furan rings is 1. The van der Waals surface area contributed by atoms with Crippen molar-refractivity contribution in [2.45, 2.75) is 31.0 Å². The van der Waals surface area contributed by atoms with E-state index >= 15 is 0 Å². The minimum Gasteiger partial charge on any atom is -0.457 e. The second-order valence-electron chi connectivity index (χ2n) is 8.20. The summed E-state index contributed by atoms with van der Waals surface area (Å²) in [7, 11) is -3.68. The Balaban J connectivity index is 1.43. The highest BCUT2D eigenvalue weighted by atomic mass is 32.2. The third-order valence-electron chi connectivity index (χ3n) is 5.77. The summed E-state index contributed by atoms with van der Waals surface area (Å²) in [5.74, 6) is -1.89. The highest BCUT2D eigenvalue weighted by Crippen LogP contribution is 2.21. The van der Waals surface area contributed by atoms with Crippen molar-refractivity contribution in [3.8, 4) is 0 Å². The van der Waals surface area contributed by atoms with Gasteiger partial charge in [0.05, 0.1) is 16.9 Å². The molecule has 0 aliphatic heterocycles. The Kier molecular flexibility index (Phi) is 7.02. The van der Waals surface area contributed by atoms with Crippen LogP contribution in [-0.2, 0) is 26.9 Å². The number of ether oxygens (including phenoxy) is 1. The van der Waals surface area contributed by atoms with Crippen molar-refractivity contribution in [2.75, 3.05) is 6.61 Å². The average molecular weight is 492 g/mol. The van der Waals surface area contributed by atoms with E-state index in [-0.39, 0.29) is 22.0 Å². The van der Waals surface area contributed by atoms with Gasteiger partial charge < -0.3 is 13.7 Å². The number of ketones is 1. The fraction of sp³-hybridized carbons (Fsp3) is 0.185. The summed E-state index contributed by atoms with van der Waals surface area (Å²) in [4.78, 5) is 25.6. The molecule has 0 saturated heterocycles. The zero-order valence-corrected chi connectivity index (χ0v) is 20.2. The first-order valence-electron chi connectivity index (χ1n) is 11.0. The Morgan fingerprint density at radius 1 is 0.943 bits per heavy atom. The number of aromatic nitrogens is 1. The van der Waals surface area contributed by atoms with E-state index in [4.69, 9.17) is 9.15 Å². The Hall–Kier alpha value is -3.91. The van der Waals surface area contributed by atoms with E-state index < -0.39 is 28.2 Å². The average Bonchev–Trinajstić information content (AvgIpc) is 3.43. The molecule has 0 saturated carbocycles. The number of nitrogens with zero attached hydrogens (tertiary/aromatic N) is 1. The molecule has 2 heterocycles. The number of benzene rings is 2. The van der Waals surface area contributed by atoms with Crippen molar-refractivity contribution in [3.63, 3.8) is 0 Å². The fourth-order valence-corrected chi connectivity index (χ4v) is 5.29. The monoisotopic (exact) mass is 491 g/mol. The molecule has 180 valence electrons. The van der Waals surface area contributed by atoms with Crippen molar-refractivity contribution in [1.82, 2.24) is 4.57 Å². The van der Waals surface area contributed by atoms with Crippen molar-refractivity contribution >= 4 is 21.6 Å². The maximum atomic E-state index is 12.8. The minimum absolute atomic E-state index is 0.140. The normalized spacial score (nSPS) is 11.4. The second kappa shape index (κ2) is 10.1. The van der Waals surface area contributed by atoms with Crippen LogP contribution in [0.1, 0.15) is 43.4 Å². The third-order valence-corrected chi connectivity index (χ3v) is 7.45. The number of hydrogen-bond donors (Lipinski definition) is 0. The molecule has 0 aliphatic rings. The molecule has 2 aromatic carbocycles. The maximum Gasteiger partial charge on any atom is 0.374 e. The number of Topliss-reactive ketones (excluding diaryl/α,β-unsaturated/α-hetero) is 1. The molecule has 4 rings (SSSR count). The van der Waals surface area contributed by atoms with Gasteiger partial charge in [-0.3, -0.25) is 4.79 Å². The lowest BCUT2D eigenvalue weighted by Gasteiger charge is -2.10. The van der Waals surface area contributed by atoms with Gasteiger partial charge in [-0.25, -0.2) is 13.2 Å². The molecule has 0 unspecified atom stereocenters. The van der Waals surface area contributed by atoms with Crippen LogP contribution in [-0.4, -0.2) is 31.3 Å². The number of sulfone groups is 1. The molecule has 4 aromatic rings. The van der Waals surface area contributed by atoms with Crippen LogP contribution in [0, 0.1) is 13.8 Å². The largest absolute Gasteiger partial charge is 0.457 e. The summed E-state index contributed by atoms with van der Waals surface area (Å²) in [6, 6.07) is 21.0. The number of carbonyl (C=O) groups excluding carboxylic acids is 2. The van der Waals surface area contributed by atoms with Gasteiger partial charge in [-0.1, -0.05) is 48.5 Å². The first kappa shape index (κ1) is 24.2. The molecule has 35 heavy (non-hydrogen) atoms. The summed E-state index contributed by atoms with van der Waals surface area (Å²) < 4.78 is 37.8. The van der Waals surface area contributed by atoms with Crippen LogP contribution in [0.5, 0.6) is 0 Å². The number of aryl methyl sites for hydroxylation is 1. The van der Waals surface area contributed by atoms with Gasteiger partial charge >= 0.3 is 5.97 Å². The minimum atomic E-state index is -3.68. The zero-order valence-electron chi connectivity index (χ0n) is 19.4. The molecule has 0 bridgehead atoms. The van der Waals surface area contributed by atoms with E-state index in [1.165, 1.54) is 24.5 Å². The van der Waals surface area contributed by atoms with E-state index in [0.29, 0.717) is 12.1 Å². The predicted molar refractivity (Wildman–Crippen MR) is 130 cm³/mol. The SMILES string of the molecule is Cc1cc(C(=O)COC(=O)c2occc2CS(=O)(=O)c2ccccc2)c(C)n1Cc1ccccc1. The number of rotatable bonds is 9. The Morgan fingerprint density at radius 3 is 2.29 bits per heavy atom. The summed E-state index contributed by atoms with van der Waals surface area (Å²) >= 11 is 0. The number of esters is 1. The van der Waals surface area contributed by atoms with Gasteiger partial charge in [0.25, 0.3) is 0 Å². The summed E-state index contributed by atoms with van der Waals surface area (Å²) in [6.45, 7) is 3.91. The van der Waals surface area contributed by atoms with Gasteiger partial charge in [-0.2, -0.15) is 0 Å². The molecule has 0 fully saturated rings. The fourth-order valence-electron chi connectivity index (χ4n) is 3.91. The zero-order chi connectivity index (χ0) is 25.0. The van der Waals surface area contributed by atoms with E-state index in [2.05, 4.69) is 0 Å². The van der Waals surface area contributed by atoms with Gasteiger partial charge in [0.2, 0.25) is 11.5 Å². The van der Waals surface area contributed by atoms with E-state index in [0.717, 1.165) is 17.0 Å². The lowest BCUT2D eigenvalue weighted by molar-refractivity contribution is 0.0442. The van der Waals surface area contributed by atoms with Gasteiger partial charge in [0.1, 0.15) is 0 Å². The van der Waals surface area contributed by atoms with Crippen LogP contribution in [0.25, 0.3) is 0 Å². The van der Waals surface area contributed by atoms with Gasteiger partial charge in [-0.05, 0) is 43.7 Å². The standard InChI is InChI=1S/C27H25NO6S/c1-19-15-24(20(2)28(19)16-21-9-5-3-6-10-21)25(29)17-34-27(30)26-22(13-14-33-26)18-35(31,32)23-11-7-4-8-12-23/h3-15H,16-18H2,1-2H3. The molecular formula is C27H25NO6S. The topological polar surface area (TPSA) is 95.6 Å². The molecule has 0 aliphatic carbocycles. The van der Waals surface area contributed by atoms with Crippen molar-refractivity contribution < 1.29 is 27.2 Å². The second-order valence-corrected chi connectivity index (χ2v) is 10.2. The molecule has 0 atom stereocenters. The highest BCUT2D eigenvalue weighted by Gasteiger charge is 2.25. The van der Waals surface area contributed by atoms with Crippen LogP contribution in [0.2, 0.25) is 0 Å². The molecule has 8 heteroatoms. The van der Waals surface area contributed by atoms with Gasteiger partial charge in [-0.15, -0.1) is 0 Å². The van der Waals surface area contributed by atoms with Crippen molar-refractivity contribution in [3.05, 3.63) is 113 Å². The van der Waals surface area contributed by atoms with Gasteiger partial charge in [0, 0.05) is 29.1 Å². The molecular weight excluding hydrogens is 466 g/mol. The van der Waals surface area contributed by atoms with Crippen LogP contribution < -0.4 is 0 Å². The van der Waals surface area contributed by atoms with Crippen LogP contribution in [0.15, 0.2) is 88.4 Å². The van der Waals surface area contributed by atoms with Crippen LogP contribution in [0.3, 0.4) is 0 Å². The van der Waals surface area contributed by atoms with Crippen molar-refractivity contribution in [1.29, 1.82) is 0 Å². The van der Waals surface area contributed by atoms with E-state index in [1.54, 1.807) is 24.3 Å². The first-order chi connectivity index (χ1) is 16.8. The van der Waals surface area contributed by atoms with E-state index in [9.17, 15) is 18.0 Å². The van der Waals surface area contributed by atoms with Gasteiger partial charge in [0.15, 0.2) is 16.4 Å². The molecule has 2 aromatic heterocycles. The lowest BCUT2D eigenvalue weighted by atomic mass is 10.1. The van der Waals surface area contributed by atoms with Crippen molar-refractivity contribution in [2.24, 2.45) is 0 Å². The summed E-state index contributed by atoms with van der Waals surface area (Å²) in [5, 5.41) is 0. The Labute approximate surface area is 203 Å². The van der Waals surface area contributed by atoms with E-state index in [1.807, 2.05) is 48.7 Å². The quantitative estimate of drug-likeness (QED) is 0.247. The lowest BCUT2D eigenvalue weighted by Crippen LogP contribution is -2.16. The molecule has 0 N–H and O–H groups in total. The number of carbonyl (C=O) groups is 2. The van der Waals surface area contributed by atoms with Crippen LogP contribution >= 0.6 is 0 Å². The summed E-state index contributed by atoms with van der Waals surface area (Å²) in [5.41, 5.74) is 3.45. The molecule has 0 spiro atoms. The molecule has 0 radical (unpaired) electrons. The van der Waals surface area contributed by atoms with Crippen LogP contribution in [0.4, 0.5) is 0 Å².